The summed E-state index contributed by atoms with van der Waals surface area (Å²) in [6.45, 7) is 4.75. The summed E-state index contributed by atoms with van der Waals surface area (Å²) in [6.07, 6.45) is 6.66. The minimum Gasteiger partial charge on any atom is -0.275 e. The summed E-state index contributed by atoms with van der Waals surface area (Å²) in [7, 11) is 0. The van der Waals surface area contributed by atoms with Crippen molar-refractivity contribution in [3.05, 3.63) is 35.5 Å². The number of allylic oxidation sites excluding steroid dienone is 2. The van der Waals surface area contributed by atoms with Crippen molar-refractivity contribution in [2.24, 2.45) is 11.8 Å². The van der Waals surface area contributed by atoms with Crippen molar-refractivity contribution in [2.75, 3.05) is 13.1 Å². The molecule has 2 unspecified atom stereocenters. The summed E-state index contributed by atoms with van der Waals surface area (Å²) < 4.78 is 0. The third-order valence-electron chi connectivity index (χ3n) is 5.17. The maximum atomic E-state index is 11.8. The van der Waals surface area contributed by atoms with Crippen LogP contribution >= 0.6 is 0 Å². The van der Waals surface area contributed by atoms with Crippen LogP contribution in [0.4, 0.5) is 0 Å². The molecule has 0 fully saturated rings. The first-order chi connectivity index (χ1) is 11.4. The highest BCUT2D eigenvalue weighted by Gasteiger charge is 2.36. The SMILES string of the molecule is CC1=C(C)CC(CN2C(=O)C=CC2=O)C(CN2C(=O)C=CC2=O)C1. The van der Waals surface area contributed by atoms with Crippen LogP contribution in [0.25, 0.3) is 0 Å². The zero-order chi connectivity index (χ0) is 17.4. The van der Waals surface area contributed by atoms with Crippen molar-refractivity contribution >= 4 is 23.6 Å². The zero-order valence-electron chi connectivity index (χ0n) is 13.8. The molecule has 0 aromatic heterocycles. The molecule has 0 radical (unpaired) electrons. The monoisotopic (exact) mass is 328 g/mol. The molecule has 2 aliphatic heterocycles. The number of carbonyl (C=O) groups excluding carboxylic acids is 4. The van der Waals surface area contributed by atoms with Crippen molar-refractivity contribution in [2.45, 2.75) is 26.7 Å². The molecule has 0 bridgehead atoms. The topological polar surface area (TPSA) is 74.8 Å². The molecule has 2 atom stereocenters. The van der Waals surface area contributed by atoms with E-state index in [0.29, 0.717) is 13.1 Å². The maximum Gasteiger partial charge on any atom is 0.253 e. The van der Waals surface area contributed by atoms with Crippen LogP contribution in [0.2, 0.25) is 0 Å². The minimum absolute atomic E-state index is 0.0442. The summed E-state index contributed by atoms with van der Waals surface area (Å²) in [4.78, 5) is 49.8. The average molecular weight is 328 g/mol. The second-order valence-electron chi connectivity index (χ2n) is 6.73. The molecule has 0 aromatic rings. The summed E-state index contributed by atoms with van der Waals surface area (Å²) in [6, 6.07) is 0. The molecule has 126 valence electrons. The van der Waals surface area contributed by atoms with E-state index in [-0.39, 0.29) is 35.5 Å². The second kappa shape index (κ2) is 6.19. The Morgan fingerprint density at radius 2 is 1.00 bits per heavy atom. The Morgan fingerprint density at radius 1 is 0.708 bits per heavy atom. The summed E-state index contributed by atoms with van der Waals surface area (Å²) >= 11 is 0. The molecule has 2 heterocycles. The van der Waals surface area contributed by atoms with Gasteiger partial charge in [0.15, 0.2) is 0 Å². The van der Waals surface area contributed by atoms with Crippen molar-refractivity contribution < 1.29 is 19.2 Å². The van der Waals surface area contributed by atoms with E-state index in [9.17, 15) is 19.2 Å². The molecule has 3 aliphatic rings. The first-order valence-corrected chi connectivity index (χ1v) is 8.09. The molecule has 3 rings (SSSR count). The van der Waals surface area contributed by atoms with Crippen LogP contribution in [0.15, 0.2) is 35.5 Å². The fourth-order valence-corrected chi connectivity index (χ4v) is 3.59. The molecular formula is C18H20N2O4. The predicted molar refractivity (Wildman–Crippen MR) is 86.3 cm³/mol. The smallest absolute Gasteiger partial charge is 0.253 e. The third-order valence-corrected chi connectivity index (χ3v) is 5.17. The lowest BCUT2D eigenvalue weighted by molar-refractivity contribution is -0.141. The van der Waals surface area contributed by atoms with Gasteiger partial charge in [-0.2, -0.15) is 0 Å². The fourth-order valence-electron chi connectivity index (χ4n) is 3.59. The highest BCUT2D eigenvalue weighted by Crippen LogP contribution is 2.36. The number of nitrogens with zero attached hydrogens (tertiary/aromatic N) is 2. The van der Waals surface area contributed by atoms with E-state index >= 15 is 0 Å². The molecule has 6 nitrogen and oxygen atoms in total. The van der Waals surface area contributed by atoms with E-state index in [4.69, 9.17) is 0 Å². The standard InChI is InChI=1S/C18H20N2O4/c1-11-7-13(9-19-15(21)3-4-16(19)22)14(8-12(11)2)10-20-17(23)5-6-18(20)24/h3-6,13-14H,7-10H2,1-2H3. The van der Waals surface area contributed by atoms with Gasteiger partial charge in [-0.1, -0.05) is 11.1 Å². The number of amides is 4. The van der Waals surface area contributed by atoms with Crippen LogP contribution in [-0.4, -0.2) is 46.5 Å². The molecule has 0 N–H and O–H groups in total. The normalized spacial score (nSPS) is 27.2. The van der Waals surface area contributed by atoms with Gasteiger partial charge in [-0.05, 0) is 38.5 Å². The Hall–Kier alpha value is -2.50. The van der Waals surface area contributed by atoms with Gasteiger partial charge < -0.3 is 0 Å². The molecule has 0 spiro atoms. The van der Waals surface area contributed by atoms with E-state index in [1.54, 1.807) is 0 Å². The lowest BCUT2D eigenvalue weighted by Gasteiger charge is -2.36. The van der Waals surface area contributed by atoms with Gasteiger partial charge in [-0.25, -0.2) is 0 Å². The van der Waals surface area contributed by atoms with Crippen molar-refractivity contribution in [1.82, 2.24) is 9.80 Å². The first kappa shape index (κ1) is 16.4. The van der Waals surface area contributed by atoms with E-state index in [2.05, 4.69) is 13.8 Å². The highest BCUT2D eigenvalue weighted by atomic mass is 16.2. The lowest BCUT2D eigenvalue weighted by atomic mass is 9.76. The van der Waals surface area contributed by atoms with Gasteiger partial charge in [0, 0.05) is 37.4 Å². The van der Waals surface area contributed by atoms with Gasteiger partial charge in [0.05, 0.1) is 0 Å². The van der Waals surface area contributed by atoms with Gasteiger partial charge in [0.1, 0.15) is 0 Å². The minimum atomic E-state index is -0.294. The van der Waals surface area contributed by atoms with Crippen LogP contribution in [0.3, 0.4) is 0 Å². The highest BCUT2D eigenvalue weighted by molar-refractivity contribution is 6.13. The van der Waals surface area contributed by atoms with Crippen LogP contribution in [0, 0.1) is 11.8 Å². The Morgan fingerprint density at radius 3 is 1.29 bits per heavy atom. The molecular weight excluding hydrogens is 308 g/mol. The van der Waals surface area contributed by atoms with Crippen molar-refractivity contribution in [1.29, 1.82) is 0 Å². The van der Waals surface area contributed by atoms with Crippen LogP contribution in [0.1, 0.15) is 26.7 Å². The van der Waals surface area contributed by atoms with Crippen LogP contribution < -0.4 is 0 Å². The quantitative estimate of drug-likeness (QED) is 0.574. The number of hydrogen-bond acceptors (Lipinski definition) is 4. The summed E-state index contributed by atoms with van der Waals surface area (Å²) in [5.74, 6) is -1.09. The Kier molecular flexibility index (Phi) is 4.22. The average Bonchev–Trinajstić information content (AvgIpc) is 3.02. The van der Waals surface area contributed by atoms with Crippen molar-refractivity contribution in [3.8, 4) is 0 Å². The molecule has 0 aromatic carbocycles. The van der Waals surface area contributed by atoms with Gasteiger partial charge in [0.2, 0.25) is 0 Å². The van der Waals surface area contributed by atoms with Crippen LogP contribution in [0.5, 0.6) is 0 Å². The van der Waals surface area contributed by atoms with E-state index < -0.39 is 0 Å². The number of hydrogen-bond donors (Lipinski definition) is 0. The van der Waals surface area contributed by atoms with E-state index in [0.717, 1.165) is 12.8 Å². The number of imide groups is 2. The lowest BCUT2D eigenvalue weighted by Crippen LogP contribution is -2.43. The summed E-state index contributed by atoms with van der Waals surface area (Å²) in [5.41, 5.74) is 2.50. The number of carbonyl (C=O) groups is 4. The molecule has 24 heavy (non-hydrogen) atoms. The van der Waals surface area contributed by atoms with Gasteiger partial charge in [-0.15, -0.1) is 0 Å². The molecule has 4 amide bonds. The molecule has 0 saturated heterocycles. The van der Waals surface area contributed by atoms with Crippen molar-refractivity contribution in [3.63, 3.8) is 0 Å². The first-order valence-electron chi connectivity index (χ1n) is 8.09. The summed E-state index contributed by atoms with van der Waals surface area (Å²) in [5, 5.41) is 0. The van der Waals surface area contributed by atoms with E-state index in [1.807, 2.05) is 0 Å². The molecule has 1 aliphatic carbocycles. The molecule has 0 saturated carbocycles. The Bertz CT molecular complexity index is 621. The van der Waals surface area contributed by atoms with Gasteiger partial charge >= 0.3 is 0 Å². The van der Waals surface area contributed by atoms with Gasteiger partial charge in [-0.3, -0.25) is 29.0 Å². The maximum absolute atomic E-state index is 11.8. The van der Waals surface area contributed by atoms with Crippen LogP contribution in [-0.2, 0) is 19.2 Å². The fraction of sp³-hybridized carbons (Fsp3) is 0.444. The number of rotatable bonds is 4. The van der Waals surface area contributed by atoms with E-state index in [1.165, 1.54) is 45.3 Å². The van der Waals surface area contributed by atoms with Gasteiger partial charge in [0.25, 0.3) is 23.6 Å². The Balaban J connectivity index is 1.77. The third kappa shape index (κ3) is 2.96. The Labute approximate surface area is 140 Å². The largest absolute Gasteiger partial charge is 0.275 e. The molecule has 6 heteroatoms. The predicted octanol–water partition coefficient (Wildman–Crippen LogP) is 1.20. The zero-order valence-corrected chi connectivity index (χ0v) is 13.8. The second-order valence-corrected chi connectivity index (χ2v) is 6.73.